The number of halogens is 1. The van der Waals surface area contributed by atoms with Crippen LogP contribution in [-0.4, -0.2) is 63.5 Å². The fraction of sp³-hybridized carbons (Fsp3) is 0.652. The average molecular weight is 436 g/mol. The van der Waals surface area contributed by atoms with E-state index in [-0.39, 0.29) is 23.9 Å². The highest BCUT2D eigenvalue weighted by Gasteiger charge is 2.42. The van der Waals surface area contributed by atoms with Crippen molar-refractivity contribution in [1.82, 2.24) is 9.80 Å². The van der Waals surface area contributed by atoms with E-state index in [2.05, 4.69) is 0 Å². The fourth-order valence-corrected chi connectivity index (χ4v) is 4.80. The molecule has 0 bridgehead atoms. The molecule has 166 valence electrons. The van der Waals surface area contributed by atoms with Crippen LogP contribution in [0.3, 0.4) is 0 Å². The molecule has 2 unspecified atom stereocenters. The first-order chi connectivity index (χ1) is 14.2. The minimum Gasteiger partial charge on any atom is -0.381 e. The van der Waals surface area contributed by atoms with Crippen LogP contribution in [0, 0.1) is 0 Å². The lowest BCUT2D eigenvalue weighted by Crippen LogP contribution is -2.56. The fourth-order valence-electron chi connectivity index (χ4n) is 4.67. The normalized spacial score (nSPS) is 21.5. The van der Waals surface area contributed by atoms with Gasteiger partial charge < -0.3 is 20.6 Å². The summed E-state index contributed by atoms with van der Waals surface area (Å²) in [7, 11) is 0. The number of aliphatic hydroxyl groups is 1. The van der Waals surface area contributed by atoms with Crippen LogP contribution in [-0.2, 0) is 16.0 Å². The summed E-state index contributed by atoms with van der Waals surface area (Å²) in [4.78, 5) is 29.7. The molecule has 0 spiro atoms. The van der Waals surface area contributed by atoms with Crippen molar-refractivity contribution in [2.24, 2.45) is 5.73 Å². The Balaban J connectivity index is 1.66. The first-order valence-electron chi connectivity index (χ1n) is 11.0. The topological polar surface area (TPSA) is 86.9 Å². The van der Waals surface area contributed by atoms with Gasteiger partial charge in [-0.05, 0) is 57.2 Å². The molecule has 1 aromatic carbocycles. The van der Waals surface area contributed by atoms with Gasteiger partial charge in [-0.15, -0.1) is 0 Å². The molecule has 6 nitrogen and oxygen atoms in total. The number of nitrogens with two attached hydrogens (primary N) is 1. The molecule has 30 heavy (non-hydrogen) atoms. The largest absolute Gasteiger partial charge is 0.381 e. The van der Waals surface area contributed by atoms with Crippen molar-refractivity contribution in [3.63, 3.8) is 0 Å². The van der Waals surface area contributed by atoms with E-state index in [4.69, 9.17) is 17.3 Å². The van der Waals surface area contributed by atoms with Gasteiger partial charge in [-0.25, -0.2) is 0 Å². The zero-order valence-electron chi connectivity index (χ0n) is 18.0. The molecule has 0 aromatic heterocycles. The molecular weight excluding hydrogens is 402 g/mol. The highest BCUT2D eigenvalue weighted by atomic mass is 35.5. The van der Waals surface area contributed by atoms with E-state index in [1.165, 1.54) is 6.42 Å². The van der Waals surface area contributed by atoms with Crippen LogP contribution < -0.4 is 5.73 Å². The average Bonchev–Trinajstić information content (AvgIpc) is 3.19. The summed E-state index contributed by atoms with van der Waals surface area (Å²) in [6, 6.07) is 6.80. The van der Waals surface area contributed by atoms with Crippen molar-refractivity contribution >= 4 is 23.4 Å². The van der Waals surface area contributed by atoms with Gasteiger partial charge in [0, 0.05) is 24.2 Å². The van der Waals surface area contributed by atoms with Crippen molar-refractivity contribution < 1.29 is 14.7 Å². The van der Waals surface area contributed by atoms with Crippen LogP contribution in [0.2, 0.25) is 5.02 Å². The van der Waals surface area contributed by atoms with Crippen molar-refractivity contribution in [2.75, 3.05) is 13.1 Å². The predicted octanol–water partition coefficient (Wildman–Crippen LogP) is 2.74. The maximum atomic E-state index is 13.1. The van der Waals surface area contributed by atoms with Gasteiger partial charge in [0.1, 0.15) is 5.60 Å². The second-order valence-corrected chi connectivity index (χ2v) is 9.66. The quantitative estimate of drug-likeness (QED) is 0.719. The zero-order valence-corrected chi connectivity index (χ0v) is 18.8. The van der Waals surface area contributed by atoms with Crippen LogP contribution in [0.4, 0.5) is 0 Å². The number of benzene rings is 1. The molecule has 1 aliphatic heterocycles. The molecule has 2 fully saturated rings. The van der Waals surface area contributed by atoms with Gasteiger partial charge in [0.05, 0.1) is 12.1 Å². The number of nitrogens with zero attached hydrogens (tertiary/aromatic N) is 2. The minimum atomic E-state index is -1.42. The number of amides is 2. The predicted molar refractivity (Wildman–Crippen MR) is 118 cm³/mol. The number of carbonyl (C=O) groups is 2. The summed E-state index contributed by atoms with van der Waals surface area (Å²) in [5.74, 6) is -0.328. The zero-order chi connectivity index (χ0) is 21.9. The Hall–Kier alpha value is -1.63. The number of likely N-dealkylation sites (tertiary alicyclic amines) is 1. The van der Waals surface area contributed by atoms with Crippen LogP contribution in [0.1, 0.15) is 57.9 Å². The lowest BCUT2D eigenvalue weighted by molar-refractivity contribution is -0.154. The van der Waals surface area contributed by atoms with E-state index in [9.17, 15) is 14.7 Å². The van der Waals surface area contributed by atoms with Crippen LogP contribution in [0.5, 0.6) is 0 Å². The third-order valence-corrected chi connectivity index (χ3v) is 6.53. The summed E-state index contributed by atoms with van der Waals surface area (Å²) >= 11 is 5.93. The summed E-state index contributed by atoms with van der Waals surface area (Å²) in [6.07, 6.45) is 6.48. The highest BCUT2D eigenvalue weighted by molar-refractivity contribution is 6.30. The molecule has 2 atom stereocenters. The van der Waals surface area contributed by atoms with Gasteiger partial charge in [0.2, 0.25) is 5.91 Å². The molecule has 1 heterocycles. The highest BCUT2D eigenvalue weighted by Crippen LogP contribution is 2.30. The van der Waals surface area contributed by atoms with Crippen LogP contribution in [0.25, 0.3) is 0 Å². The van der Waals surface area contributed by atoms with E-state index in [0.717, 1.165) is 37.7 Å². The molecule has 3 rings (SSSR count). The van der Waals surface area contributed by atoms with E-state index in [0.29, 0.717) is 24.5 Å². The second kappa shape index (κ2) is 9.67. The third-order valence-electron chi connectivity index (χ3n) is 6.28. The monoisotopic (exact) mass is 435 g/mol. The number of carbonyl (C=O) groups excluding carboxylic acids is 2. The van der Waals surface area contributed by atoms with Crippen molar-refractivity contribution in [3.05, 3.63) is 34.9 Å². The van der Waals surface area contributed by atoms with Gasteiger partial charge in [0.25, 0.3) is 5.91 Å². The summed E-state index contributed by atoms with van der Waals surface area (Å²) in [5, 5.41) is 11.0. The minimum absolute atomic E-state index is 0.0706. The molecule has 1 saturated heterocycles. The van der Waals surface area contributed by atoms with Crippen molar-refractivity contribution in [1.29, 1.82) is 0 Å². The lowest BCUT2D eigenvalue weighted by Gasteiger charge is -2.41. The van der Waals surface area contributed by atoms with Crippen molar-refractivity contribution in [3.8, 4) is 0 Å². The third kappa shape index (κ3) is 5.54. The van der Waals surface area contributed by atoms with E-state index < -0.39 is 11.6 Å². The number of hydrogen-bond acceptors (Lipinski definition) is 4. The molecule has 1 aliphatic carbocycles. The molecular formula is C23H34ClN3O3. The summed E-state index contributed by atoms with van der Waals surface area (Å²) in [5.41, 5.74) is 5.77. The van der Waals surface area contributed by atoms with Gasteiger partial charge in [0.15, 0.2) is 0 Å². The molecule has 7 heteroatoms. The van der Waals surface area contributed by atoms with Gasteiger partial charge >= 0.3 is 0 Å². The molecule has 0 radical (unpaired) electrons. The molecule has 2 amide bonds. The Morgan fingerprint density at radius 1 is 1.17 bits per heavy atom. The van der Waals surface area contributed by atoms with Crippen LogP contribution >= 0.6 is 11.6 Å². The summed E-state index contributed by atoms with van der Waals surface area (Å²) in [6.45, 7) is 4.15. The molecule has 1 saturated carbocycles. The van der Waals surface area contributed by atoms with E-state index >= 15 is 0 Å². The first kappa shape index (κ1) is 23.0. The Morgan fingerprint density at radius 2 is 1.80 bits per heavy atom. The summed E-state index contributed by atoms with van der Waals surface area (Å²) < 4.78 is 0. The first-order valence-corrected chi connectivity index (χ1v) is 11.4. The van der Waals surface area contributed by atoms with Gasteiger partial charge in [-0.1, -0.05) is 43.0 Å². The number of hydrogen-bond donors (Lipinski definition) is 2. The molecule has 2 aliphatic rings. The maximum absolute atomic E-state index is 13.1. The Morgan fingerprint density at radius 3 is 2.40 bits per heavy atom. The Bertz CT molecular complexity index is 741. The Labute approximate surface area is 184 Å². The lowest BCUT2D eigenvalue weighted by atomic mass is 9.91. The van der Waals surface area contributed by atoms with Crippen LogP contribution in [0.15, 0.2) is 24.3 Å². The van der Waals surface area contributed by atoms with Gasteiger partial charge in [-0.3, -0.25) is 9.59 Å². The maximum Gasteiger partial charge on any atom is 0.254 e. The molecule has 1 aromatic rings. The number of rotatable bonds is 6. The van der Waals surface area contributed by atoms with Gasteiger partial charge in [-0.2, -0.15) is 0 Å². The van der Waals surface area contributed by atoms with E-state index in [1.54, 1.807) is 30.9 Å². The SMILES string of the molecule is CC(C)(O)C(=O)N(C1CCCCC1)C1CCN(C(=O)C(N)Cc2ccc(Cl)cc2)C1. The van der Waals surface area contributed by atoms with E-state index in [1.807, 2.05) is 17.0 Å². The molecule has 3 N–H and O–H groups in total. The Kier molecular flexibility index (Phi) is 7.43. The van der Waals surface area contributed by atoms with Crippen molar-refractivity contribution in [2.45, 2.75) is 82.5 Å². The standard InChI is InChI=1S/C23H34ClN3O3/c1-23(2,30)22(29)27(18-6-4-3-5-7-18)19-12-13-26(15-19)21(28)20(25)14-16-8-10-17(24)11-9-16/h8-11,18-20,30H,3-7,12-15,25H2,1-2H3. The second-order valence-electron chi connectivity index (χ2n) is 9.23. The smallest absolute Gasteiger partial charge is 0.254 e.